The van der Waals surface area contributed by atoms with Crippen LogP contribution < -0.4 is 0 Å². The fraction of sp³-hybridized carbons (Fsp3) is 0.638. The lowest BCUT2D eigenvalue weighted by atomic mass is 10.1. The third-order valence-corrected chi connectivity index (χ3v) is 10.5. The lowest BCUT2D eigenvalue weighted by molar-refractivity contribution is -0.167. The second-order valence-electron chi connectivity index (χ2n) is 16.7. The van der Waals surface area contributed by atoms with Crippen molar-refractivity contribution in [3.05, 3.63) is 109 Å². The average Bonchev–Trinajstić information content (AvgIpc) is 3.29. The summed E-state index contributed by atoms with van der Waals surface area (Å²) in [5.41, 5.74) is 0. The predicted octanol–water partition coefficient (Wildman–Crippen LogP) is 17.1. The van der Waals surface area contributed by atoms with Gasteiger partial charge in [0.25, 0.3) is 0 Å². The molecule has 0 aromatic rings. The minimum atomic E-state index is -0.807. The van der Waals surface area contributed by atoms with Gasteiger partial charge in [0.05, 0.1) is 0 Å². The zero-order valence-corrected chi connectivity index (χ0v) is 41.3. The van der Waals surface area contributed by atoms with Crippen molar-refractivity contribution in [1.29, 1.82) is 0 Å². The Kier molecular flexibility index (Phi) is 48.5. The number of rotatable bonds is 45. The molecule has 0 heterocycles. The third-order valence-electron chi connectivity index (χ3n) is 10.5. The SMILES string of the molecule is CC/C=C\C/C=C\C/C=C\C/C=C\C/C=C\C/C=C\CCCCC(=O)OCC(COC(=O)CCCCCCC/C=C\CCCC)OC(=O)CCCCCCC/C=C\C/C=C\CCCC. The summed E-state index contributed by atoms with van der Waals surface area (Å²) in [5.74, 6) is -0.979. The first-order chi connectivity index (χ1) is 31.5. The van der Waals surface area contributed by atoms with E-state index in [1.165, 1.54) is 44.9 Å². The van der Waals surface area contributed by atoms with E-state index in [1.807, 2.05) is 0 Å². The number of carbonyl (C=O) groups is 3. The van der Waals surface area contributed by atoms with E-state index in [0.29, 0.717) is 25.7 Å². The summed E-state index contributed by atoms with van der Waals surface area (Å²) in [6.45, 7) is 6.37. The van der Waals surface area contributed by atoms with Crippen molar-refractivity contribution in [3.8, 4) is 0 Å². The number of allylic oxidation sites excluding steroid dienone is 18. The number of hydrogen-bond donors (Lipinski definition) is 0. The normalized spacial score (nSPS) is 13.0. The molecule has 0 spiro atoms. The summed E-state index contributed by atoms with van der Waals surface area (Å²) >= 11 is 0. The largest absolute Gasteiger partial charge is 0.462 e. The minimum Gasteiger partial charge on any atom is -0.462 e. The van der Waals surface area contributed by atoms with Gasteiger partial charge in [-0.15, -0.1) is 0 Å². The van der Waals surface area contributed by atoms with E-state index in [2.05, 4.69) is 130 Å². The molecule has 6 heteroatoms. The van der Waals surface area contributed by atoms with Gasteiger partial charge in [0.15, 0.2) is 6.10 Å². The molecule has 64 heavy (non-hydrogen) atoms. The number of unbranched alkanes of at least 4 members (excludes halogenated alkanes) is 16. The van der Waals surface area contributed by atoms with E-state index in [9.17, 15) is 14.4 Å². The van der Waals surface area contributed by atoms with Crippen molar-refractivity contribution in [3.63, 3.8) is 0 Å². The van der Waals surface area contributed by atoms with Gasteiger partial charge in [-0.1, -0.05) is 194 Å². The van der Waals surface area contributed by atoms with Crippen LogP contribution in [0.4, 0.5) is 0 Å². The van der Waals surface area contributed by atoms with Gasteiger partial charge in [-0.05, 0) is 116 Å². The smallest absolute Gasteiger partial charge is 0.306 e. The lowest BCUT2D eigenvalue weighted by Gasteiger charge is -2.18. The molecule has 0 aromatic heterocycles. The molecule has 1 unspecified atom stereocenters. The molecule has 0 aliphatic carbocycles. The van der Waals surface area contributed by atoms with Crippen molar-refractivity contribution in [2.75, 3.05) is 13.2 Å². The van der Waals surface area contributed by atoms with E-state index < -0.39 is 6.10 Å². The van der Waals surface area contributed by atoms with Crippen molar-refractivity contribution in [2.45, 2.75) is 226 Å². The Hall–Kier alpha value is -3.93. The molecule has 0 bridgehead atoms. The van der Waals surface area contributed by atoms with Crippen LogP contribution in [-0.4, -0.2) is 37.2 Å². The van der Waals surface area contributed by atoms with Crippen LogP contribution in [0.5, 0.6) is 0 Å². The van der Waals surface area contributed by atoms with Crippen LogP contribution >= 0.6 is 0 Å². The van der Waals surface area contributed by atoms with Gasteiger partial charge in [-0.3, -0.25) is 14.4 Å². The van der Waals surface area contributed by atoms with Gasteiger partial charge in [0, 0.05) is 19.3 Å². The lowest BCUT2D eigenvalue weighted by Crippen LogP contribution is -2.30. The molecule has 0 saturated carbocycles. The first-order valence-electron chi connectivity index (χ1n) is 25.9. The fourth-order valence-corrected chi connectivity index (χ4v) is 6.56. The Bertz CT molecular complexity index is 1340. The number of esters is 3. The highest BCUT2D eigenvalue weighted by Crippen LogP contribution is 2.12. The standard InChI is InChI=1S/C58H94O6/c1-4-7-10-13-16-19-22-24-26-27-28-29-30-31-32-34-36-39-42-45-48-51-57(60)63-54-55(53-62-56(59)50-47-44-41-38-35-21-18-15-12-9-6-3)64-58(61)52-49-46-43-40-37-33-25-23-20-17-14-11-8-5-2/h7,10,14-19,23-26,28-29,31-32,36,39,55H,4-6,8-9,11-13,20-22,27,30,33-35,37-38,40-54H2,1-3H3/b10-7-,17-14-,18-15-,19-16-,25-23-,26-24-,29-28-,32-31-,39-36-. The first-order valence-corrected chi connectivity index (χ1v) is 25.9. The maximum Gasteiger partial charge on any atom is 0.306 e. The van der Waals surface area contributed by atoms with Crippen molar-refractivity contribution in [1.82, 2.24) is 0 Å². The van der Waals surface area contributed by atoms with Crippen LogP contribution in [0.25, 0.3) is 0 Å². The van der Waals surface area contributed by atoms with Crippen LogP contribution in [-0.2, 0) is 28.6 Å². The molecule has 0 aliphatic heterocycles. The Labute approximate surface area is 393 Å². The molecule has 0 fully saturated rings. The van der Waals surface area contributed by atoms with Crippen LogP contribution in [0.3, 0.4) is 0 Å². The summed E-state index contributed by atoms with van der Waals surface area (Å²) in [5, 5.41) is 0. The highest BCUT2D eigenvalue weighted by Gasteiger charge is 2.19. The van der Waals surface area contributed by atoms with Crippen molar-refractivity contribution >= 4 is 17.9 Å². The molecule has 0 amide bonds. The fourth-order valence-electron chi connectivity index (χ4n) is 6.56. The Morgan fingerprint density at radius 1 is 0.328 bits per heavy atom. The molecule has 0 aliphatic rings. The van der Waals surface area contributed by atoms with Crippen LogP contribution in [0, 0.1) is 0 Å². The molecule has 0 saturated heterocycles. The summed E-state index contributed by atoms with van der Waals surface area (Å²) in [7, 11) is 0. The summed E-state index contributed by atoms with van der Waals surface area (Å²) < 4.78 is 16.7. The van der Waals surface area contributed by atoms with E-state index in [4.69, 9.17) is 14.2 Å². The van der Waals surface area contributed by atoms with Gasteiger partial charge >= 0.3 is 17.9 Å². The van der Waals surface area contributed by atoms with Crippen molar-refractivity contribution < 1.29 is 28.6 Å². The zero-order chi connectivity index (χ0) is 46.5. The maximum absolute atomic E-state index is 12.8. The van der Waals surface area contributed by atoms with Gasteiger partial charge in [-0.2, -0.15) is 0 Å². The maximum atomic E-state index is 12.8. The van der Waals surface area contributed by atoms with Crippen LogP contribution in [0.15, 0.2) is 109 Å². The molecule has 0 radical (unpaired) electrons. The van der Waals surface area contributed by atoms with E-state index in [1.54, 1.807) is 0 Å². The first kappa shape index (κ1) is 60.1. The average molecular weight is 887 g/mol. The van der Waals surface area contributed by atoms with E-state index in [-0.39, 0.29) is 31.1 Å². The molecule has 6 nitrogen and oxygen atoms in total. The number of ether oxygens (including phenoxy) is 3. The summed E-state index contributed by atoms with van der Waals surface area (Å²) in [6, 6.07) is 0. The molecular formula is C58H94O6. The molecular weight excluding hydrogens is 793 g/mol. The van der Waals surface area contributed by atoms with E-state index in [0.717, 1.165) is 128 Å². The van der Waals surface area contributed by atoms with Gasteiger partial charge in [0.2, 0.25) is 0 Å². The van der Waals surface area contributed by atoms with Crippen molar-refractivity contribution in [2.24, 2.45) is 0 Å². The molecule has 1 atom stereocenters. The highest BCUT2D eigenvalue weighted by molar-refractivity contribution is 5.71. The van der Waals surface area contributed by atoms with Gasteiger partial charge in [-0.25, -0.2) is 0 Å². The second kappa shape index (κ2) is 51.7. The van der Waals surface area contributed by atoms with E-state index >= 15 is 0 Å². The molecule has 362 valence electrons. The Morgan fingerprint density at radius 2 is 0.609 bits per heavy atom. The van der Waals surface area contributed by atoms with Crippen LogP contribution in [0.1, 0.15) is 220 Å². The molecule has 0 aromatic carbocycles. The monoisotopic (exact) mass is 887 g/mol. The Balaban J connectivity index is 4.47. The molecule has 0 rings (SSSR count). The topological polar surface area (TPSA) is 78.9 Å². The molecule has 0 N–H and O–H groups in total. The zero-order valence-electron chi connectivity index (χ0n) is 41.3. The van der Waals surface area contributed by atoms with Gasteiger partial charge in [0.1, 0.15) is 13.2 Å². The second-order valence-corrected chi connectivity index (χ2v) is 16.7. The number of carbonyl (C=O) groups excluding carboxylic acids is 3. The number of hydrogen-bond acceptors (Lipinski definition) is 6. The summed E-state index contributed by atoms with van der Waals surface area (Å²) in [4.78, 5) is 37.9. The minimum absolute atomic E-state index is 0.104. The highest BCUT2D eigenvalue weighted by atomic mass is 16.6. The predicted molar refractivity (Wildman–Crippen MR) is 274 cm³/mol. The van der Waals surface area contributed by atoms with Gasteiger partial charge < -0.3 is 14.2 Å². The quantitative estimate of drug-likeness (QED) is 0.0262. The summed E-state index contributed by atoms with van der Waals surface area (Å²) in [6.07, 6.45) is 69.3. The Morgan fingerprint density at radius 3 is 1.00 bits per heavy atom. The van der Waals surface area contributed by atoms with Crippen LogP contribution in [0.2, 0.25) is 0 Å². The third kappa shape index (κ3) is 49.1.